The molecule has 1 aliphatic rings. The maximum absolute atomic E-state index is 12.5. The highest BCUT2D eigenvalue weighted by Crippen LogP contribution is 2.21. The maximum atomic E-state index is 12.5. The lowest BCUT2D eigenvalue weighted by atomic mass is 10.1. The number of nitrogens with zero attached hydrogens (tertiary/aromatic N) is 1. The molecule has 0 N–H and O–H groups in total. The molecule has 0 radical (unpaired) electrons. The van der Waals surface area contributed by atoms with Gasteiger partial charge >= 0.3 is 5.63 Å². The van der Waals surface area contributed by atoms with E-state index in [1.165, 1.54) is 6.07 Å². The van der Waals surface area contributed by atoms with Gasteiger partial charge in [0.15, 0.2) is 0 Å². The van der Waals surface area contributed by atoms with E-state index in [4.69, 9.17) is 9.15 Å². The summed E-state index contributed by atoms with van der Waals surface area (Å²) in [6.07, 6.45) is 1.61. The second kappa shape index (κ2) is 8.05. The Bertz CT molecular complexity index is 884. The molecule has 0 saturated carbocycles. The molecule has 0 aliphatic carbocycles. The predicted octanol–water partition coefficient (Wildman–Crippen LogP) is 2.36. The lowest BCUT2D eigenvalue weighted by Gasteiger charge is -2.31. The third-order valence-corrected chi connectivity index (χ3v) is 6.33. The van der Waals surface area contributed by atoms with Crippen molar-refractivity contribution < 1.29 is 17.6 Å². The number of sulfonamides is 1. The number of ether oxygens (including phenoxy) is 1. The Hall–Kier alpha value is -2.12. The van der Waals surface area contributed by atoms with Crippen molar-refractivity contribution in [1.29, 1.82) is 0 Å². The maximum Gasteiger partial charge on any atom is 0.339 e. The molecule has 1 aliphatic heterocycles. The largest absolute Gasteiger partial charge is 0.490 e. The molecule has 3 rings (SSSR count). The molecule has 2 heterocycles. The smallest absolute Gasteiger partial charge is 0.339 e. The van der Waals surface area contributed by atoms with Gasteiger partial charge in [-0.25, -0.2) is 17.5 Å². The minimum atomic E-state index is -3.28. The summed E-state index contributed by atoms with van der Waals surface area (Å²) in [7, 11) is -3.28. The van der Waals surface area contributed by atoms with Crippen LogP contribution in [0.15, 0.2) is 51.7 Å². The van der Waals surface area contributed by atoms with Crippen LogP contribution in [0.5, 0.6) is 5.75 Å². The van der Waals surface area contributed by atoms with Crippen LogP contribution < -0.4 is 10.4 Å². The average molecular weight is 377 g/mol. The quantitative estimate of drug-likeness (QED) is 0.772. The average Bonchev–Trinajstić information content (AvgIpc) is 2.61. The Morgan fingerprint density at radius 2 is 1.85 bits per heavy atom. The molecular weight excluding hydrogens is 354 g/mol. The second-order valence-corrected chi connectivity index (χ2v) is 8.58. The van der Waals surface area contributed by atoms with Gasteiger partial charge in [0.2, 0.25) is 10.0 Å². The second-order valence-electron chi connectivity index (χ2n) is 6.49. The van der Waals surface area contributed by atoms with Gasteiger partial charge in [-0.05, 0) is 31.7 Å². The third-order valence-electron chi connectivity index (χ3n) is 4.46. The van der Waals surface area contributed by atoms with Crippen LogP contribution in [0.25, 0.3) is 0 Å². The molecule has 0 amide bonds. The molecule has 26 heavy (non-hydrogen) atoms. The first-order valence-corrected chi connectivity index (χ1v) is 10.3. The van der Waals surface area contributed by atoms with E-state index < -0.39 is 15.6 Å². The fraction of sp³-hybridized carbons (Fsp3) is 0.421. The van der Waals surface area contributed by atoms with Crippen molar-refractivity contribution in [3.8, 4) is 5.75 Å². The Morgan fingerprint density at radius 3 is 2.50 bits per heavy atom. The van der Waals surface area contributed by atoms with E-state index in [-0.39, 0.29) is 11.9 Å². The van der Waals surface area contributed by atoms with E-state index >= 15 is 0 Å². The van der Waals surface area contributed by atoms with Crippen molar-refractivity contribution >= 4 is 10.0 Å². The number of hydrogen-bond donors (Lipinski definition) is 0. The molecule has 6 nitrogen and oxygen atoms in total. The lowest BCUT2D eigenvalue weighted by molar-refractivity contribution is 0.134. The molecule has 1 saturated heterocycles. The molecule has 140 valence electrons. The Kier molecular flexibility index (Phi) is 5.78. The van der Waals surface area contributed by atoms with E-state index in [9.17, 15) is 13.2 Å². The minimum absolute atomic E-state index is 0.100. The summed E-state index contributed by atoms with van der Waals surface area (Å²) in [5, 5.41) is 0. The predicted molar refractivity (Wildman–Crippen MR) is 98.9 cm³/mol. The van der Waals surface area contributed by atoms with Gasteiger partial charge in [0.05, 0.1) is 11.8 Å². The molecule has 1 fully saturated rings. The van der Waals surface area contributed by atoms with Gasteiger partial charge in [-0.15, -0.1) is 0 Å². The fourth-order valence-corrected chi connectivity index (χ4v) is 4.60. The summed E-state index contributed by atoms with van der Waals surface area (Å²) in [4.78, 5) is 11.4. The monoisotopic (exact) mass is 377 g/mol. The summed E-state index contributed by atoms with van der Waals surface area (Å²) in [6.45, 7) is 2.56. The van der Waals surface area contributed by atoms with E-state index in [1.807, 2.05) is 30.3 Å². The van der Waals surface area contributed by atoms with Crippen LogP contribution in [0.1, 0.15) is 24.2 Å². The van der Waals surface area contributed by atoms with Gasteiger partial charge in [-0.3, -0.25) is 0 Å². The van der Waals surface area contributed by atoms with Crippen molar-refractivity contribution in [1.82, 2.24) is 4.31 Å². The lowest BCUT2D eigenvalue weighted by Crippen LogP contribution is -2.43. The Morgan fingerprint density at radius 1 is 1.15 bits per heavy atom. The Labute approximate surface area is 153 Å². The number of piperidine rings is 1. The van der Waals surface area contributed by atoms with E-state index in [0.29, 0.717) is 43.9 Å². The van der Waals surface area contributed by atoms with Crippen LogP contribution in [-0.4, -0.2) is 37.7 Å². The van der Waals surface area contributed by atoms with Gasteiger partial charge in [-0.1, -0.05) is 30.3 Å². The van der Waals surface area contributed by atoms with Crippen molar-refractivity contribution in [2.45, 2.75) is 32.3 Å². The zero-order valence-corrected chi connectivity index (χ0v) is 15.6. The first-order chi connectivity index (χ1) is 12.4. The van der Waals surface area contributed by atoms with Gasteiger partial charge in [0, 0.05) is 19.2 Å². The topological polar surface area (TPSA) is 76.8 Å². The van der Waals surface area contributed by atoms with Crippen molar-refractivity contribution in [2.24, 2.45) is 0 Å². The molecule has 2 aromatic rings. The van der Waals surface area contributed by atoms with Crippen LogP contribution in [0.4, 0.5) is 0 Å². The van der Waals surface area contributed by atoms with Crippen molar-refractivity contribution in [2.75, 3.05) is 18.8 Å². The summed E-state index contributed by atoms with van der Waals surface area (Å²) in [5.74, 6) is 1.08. The van der Waals surface area contributed by atoms with Gasteiger partial charge in [-0.2, -0.15) is 0 Å². The molecule has 0 bridgehead atoms. The summed E-state index contributed by atoms with van der Waals surface area (Å²) < 4.78 is 37.4. The van der Waals surface area contributed by atoms with Crippen molar-refractivity contribution in [3.05, 3.63) is 64.2 Å². The first kappa shape index (κ1) is 18.7. The number of hydrogen-bond acceptors (Lipinski definition) is 5. The Balaban J connectivity index is 1.53. The molecule has 0 atom stereocenters. The van der Waals surface area contributed by atoms with Crippen molar-refractivity contribution in [3.63, 3.8) is 0 Å². The molecular formula is C19H23NO5S. The molecule has 7 heteroatoms. The van der Waals surface area contributed by atoms with E-state index in [0.717, 1.165) is 5.56 Å². The van der Waals surface area contributed by atoms with Crippen LogP contribution in [0, 0.1) is 6.92 Å². The highest BCUT2D eigenvalue weighted by Gasteiger charge is 2.28. The molecule has 1 aromatic carbocycles. The summed E-state index contributed by atoms with van der Waals surface area (Å²) in [5.41, 5.74) is 0.577. The normalized spacial score (nSPS) is 16.5. The van der Waals surface area contributed by atoms with Crippen LogP contribution in [-0.2, 0) is 16.4 Å². The molecule has 1 aromatic heterocycles. The zero-order chi connectivity index (χ0) is 18.6. The zero-order valence-electron chi connectivity index (χ0n) is 14.8. The molecule has 0 spiro atoms. The number of aryl methyl sites for hydroxylation is 2. The number of rotatable bonds is 6. The fourth-order valence-electron chi connectivity index (χ4n) is 3.08. The number of benzene rings is 1. The van der Waals surface area contributed by atoms with E-state index in [1.54, 1.807) is 17.3 Å². The summed E-state index contributed by atoms with van der Waals surface area (Å²) >= 11 is 0. The third kappa shape index (κ3) is 4.95. The van der Waals surface area contributed by atoms with Crippen LogP contribution in [0.2, 0.25) is 0 Å². The highest BCUT2D eigenvalue weighted by molar-refractivity contribution is 7.89. The first-order valence-electron chi connectivity index (χ1n) is 8.72. The minimum Gasteiger partial charge on any atom is -0.490 e. The van der Waals surface area contributed by atoms with Gasteiger partial charge < -0.3 is 9.15 Å². The van der Waals surface area contributed by atoms with E-state index in [2.05, 4.69) is 0 Å². The molecule has 0 unspecified atom stereocenters. The summed E-state index contributed by atoms with van der Waals surface area (Å²) in [6, 6.07) is 12.6. The standard InChI is InChI=1S/C19H23NO5S/c1-15-13-18(14-19(21)24-15)25-17-7-10-20(11-8-17)26(22,23)12-9-16-5-3-2-4-6-16/h2-6,13-14,17H,7-12H2,1H3. The highest BCUT2D eigenvalue weighted by atomic mass is 32.2. The van der Waals surface area contributed by atoms with Gasteiger partial charge in [0.25, 0.3) is 0 Å². The van der Waals surface area contributed by atoms with Gasteiger partial charge in [0.1, 0.15) is 17.6 Å². The van der Waals surface area contributed by atoms with Crippen LogP contribution in [0.3, 0.4) is 0 Å². The van der Waals surface area contributed by atoms with Crippen LogP contribution >= 0.6 is 0 Å². The SMILES string of the molecule is Cc1cc(OC2CCN(S(=O)(=O)CCc3ccccc3)CC2)cc(=O)o1.